The quantitative estimate of drug-likeness (QED) is 0.701. The van der Waals surface area contributed by atoms with E-state index in [1.807, 2.05) is 0 Å². The molecule has 0 spiro atoms. The van der Waals surface area contributed by atoms with E-state index in [0.29, 0.717) is 16.9 Å². The molecule has 0 saturated carbocycles. The van der Waals surface area contributed by atoms with Crippen LogP contribution < -0.4 is 15.8 Å². The lowest BCUT2D eigenvalue weighted by Crippen LogP contribution is -2.50. The normalized spacial score (nSPS) is 13.9. The van der Waals surface area contributed by atoms with Crippen LogP contribution in [0.15, 0.2) is 54.9 Å². The maximum absolute atomic E-state index is 12.4. The van der Waals surface area contributed by atoms with E-state index in [0.717, 1.165) is 5.69 Å². The summed E-state index contributed by atoms with van der Waals surface area (Å²) in [5, 5.41) is 14.9. The Morgan fingerprint density at radius 1 is 0.964 bits per heavy atom. The van der Waals surface area contributed by atoms with Gasteiger partial charge in [-0.1, -0.05) is 0 Å². The van der Waals surface area contributed by atoms with Crippen molar-refractivity contribution in [3.8, 4) is 5.69 Å². The molecular formula is C18H15N7O3. The van der Waals surface area contributed by atoms with Crippen LogP contribution >= 0.6 is 0 Å². The van der Waals surface area contributed by atoms with Crippen LogP contribution in [-0.4, -0.2) is 37.9 Å². The van der Waals surface area contributed by atoms with Crippen LogP contribution in [0, 0.1) is 0 Å². The molecule has 1 fully saturated rings. The minimum Gasteiger partial charge on any atom is -0.322 e. The molecule has 1 aromatic heterocycles. The Bertz CT molecular complexity index is 1010. The van der Waals surface area contributed by atoms with E-state index in [-0.39, 0.29) is 30.6 Å². The first-order valence-corrected chi connectivity index (χ1v) is 8.47. The molecule has 1 aliphatic rings. The lowest BCUT2D eigenvalue weighted by Gasteiger charge is -2.27. The molecule has 140 valence electrons. The van der Waals surface area contributed by atoms with Crippen molar-refractivity contribution in [3.63, 3.8) is 0 Å². The number of hydrazine groups is 1. The van der Waals surface area contributed by atoms with Crippen molar-refractivity contribution in [2.45, 2.75) is 12.8 Å². The Balaban J connectivity index is 1.43. The predicted molar refractivity (Wildman–Crippen MR) is 98.4 cm³/mol. The number of aromatic nitrogens is 4. The number of anilines is 2. The minimum absolute atomic E-state index is 0.161. The fourth-order valence-corrected chi connectivity index (χ4v) is 2.73. The molecule has 3 aromatic rings. The maximum Gasteiger partial charge on any atom is 0.255 e. The van der Waals surface area contributed by atoms with Gasteiger partial charge in [-0.3, -0.25) is 19.8 Å². The highest BCUT2D eigenvalue weighted by Crippen LogP contribution is 2.19. The standard InChI is InChI=1S/C18H15N7O3/c26-16-9-10-17(27)25(21-16)15-5-1-12(2-6-15)18(28)20-13-3-7-14(8-4-13)24-11-19-22-23-24/h1-8,11H,9-10H2,(H,20,28)(H,21,26). The number of nitrogens with zero attached hydrogens (tertiary/aromatic N) is 5. The van der Waals surface area contributed by atoms with E-state index in [1.54, 1.807) is 48.5 Å². The molecule has 10 heteroatoms. The van der Waals surface area contributed by atoms with E-state index in [1.165, 1.54) is 16.0 Å². The van der Waals surface area contributed by atoms with Crippen LogP contribution in [0.5, 0.6) is 0 Å². The summed E-state index contributed by atoms with van der Waals surface area (Å²) >= 11 is 0. The SMILES string of the molecule is O=C1CCC(=O)N(c2ccc(C(=O)Nc3ccc(-n4cnnn4)cc3)cc2)N1. The van der Waals surface area contributed by atoms with Gasteiger partial charge in [0.1, 0.15) is 6.33 Å². The van der Waals surface area contributed by atoms with Crippen LogP contribution in [0.1, 0.15) is 23.2 Å². The first kappa shape index (κ1) is 17.3. The molecule has 1 saturated heterocycles. The van der Waals surface area contributed by atoms with Gasteiger partial charge in [-0.2, -0.15) is 0 Å². The zero-order valence-corrected chi connectivity index (χ0v) is 14.6. The van der Waals surface area contributed by atoms with Crippen LogP contribution in [-0.2, 0) is 9.59 Å². The summed E-state index contributed by atoms with van der Waals surface area (Å²) in [6.45, 7) is 0. The zero-order valence-electron chi connectivity index (χ0n) is 14.6. The number of benzene rings is 2. The highest BCUT2D eigenvalue weighted by molar-refractivity contribution is 6.05. The molecule has 28 heavy (non-hydrogen) atoms. The average Bonchev–Trinajstić information content (AvgIpc) is 3.25. The summed E-state index contributed by atoms with van der Waals surface area (Å²) in [7, 11) is 0. The molecule has 3 amide bonds. The Labute approximate surface area is 159 Å². The molecule has 10 nitrogen and oxygen atoms in total. The van der Waals surface area contributed by atoms with Gasteiger partial charge < -0.3 is 5.32 Å². The molecule has 0 bridgehead atoms. The molecule has 1 aliphatic heterocycles. The Morgan fingerprint density at radius 3 is 2.36 bits per heavy atom. The summed E-state index contributed by atoms with van der Waals surface area (Å²) in [4.78, 5) is 35.9. The van der Waals surface area contributed by atoms with Crippen molar-refractivity contribution < 1.29 is 14.4 Å². The van der Waals surface area contributed by atoms with E-state index >= 15 is 0 Å². The number of hydrogen-bond acceptors (Lipinski definition) is 6. The molecule has 2 N–H and O–H groups in total. The summed E-state index contributed by atoms with van der Waals surface area (Å²) in [6, 6.07) is 13.4. The van der Waals surface area contributed by atoms with E-state index in [4.69, 9.17) is 0 Å². The van der Waals surface area contributed by atoms with Crippen molar-refractivity contribution >= 4 is 29.1 Å². The van der Waals surface area contributed by atoms with Crippen molar-refractivity contribution in [1.29, 1.82) is 0 Å². The lowest BCUT2D eigenvalue weighted by atomic mass is 10.1. The number of carbonyl (C=O) groups is 3. The molecular weight excluding hydrogens is 362 g/mol. The predicted octanol–water partition coefficient (Wildman–Crippen LogP) is 1.07. The molecule has 2 aromatic carbocycles. The molecule has 0 atom stereocenters. The lowest BCUT2D eigenvalue weighted by molar-refractivity contribution is -0.130. The molecule has 0 aliphatic carbocycles. The average molecular weight is 377 g/mol. The third kappa shape index (κ3) is 3.56. The fourth-order valence-electron chi connectivity index (χ4n) is 2.73. The van der Waals surface area contributed by atoms with E-state index in [2.05, 4.69) is 26.3 Å². The second kappa shape index (κ2) is 7.27. The molecule has 4 rings (SSSR count). The molecule has 0 radical (unpaired) electrons. The third-order valence-electron chi connectivity index (χ3n) is 4.18. The van der Waals surface area contributed by atoms with Crippen molar-refractivity contribution in [1.82, 2.24) is 25.6 Å². The second-order valence-corrected chi connectivity index (χ2v) is 6.07. The topological polar surface area (TPSA) is 122 Å². The van der Waals surface area contributed by atoms with Gasteiger partial charge in [-0.15, -0.1) is 5.10 Å². The van der Waals surface area contributed by atoms with Crippen LogP contribution in [0.3, 0.4) is 0 Å². The van der Waals surface area contributed by atoms with Gasteiger partial charge in [0.15, 0.2) is 0 Å². The van der Waals surface area contributed by atoms with E-state index in [9.17, 15) is 14.4 Å². The molecule has 2 heterocycles. The van der Waals surface area contributed by atoms with Crippen LogP contribution in [0.4, 0.5) is 11.4 Å². The van der Waals surface area contributed by atoms with Gasteiger partial charge in [0.05, 0.1) is 11.4 Å². The van der Waals surface area contributed by atoms with Crippen molar-refractivity contribution in [2.24, 2.45) is 0 Å². The minimum atomic E-state index is -0.296. The largest absolute Gasteiger partial charge is 0.322 e. The summed E-state index contributed by atoms with van der Waals surface area (Å²) in [6.07, 6.45) is 1.82. The summed E-state index contributed by atoms with van der Waals surface area (Å²) in [5.74, 6) is -0.707. The van der Waals surface area contributed by atoms with Gasteiger partial charge in [-0.05, 0) is 59.0 Å². The van der Waals surface area contributed by atoms with Gasteiger partial charge in [0, 0.05) is 24.1 Å². The van der Waals surface area contributed by atoms with Gasteiger partial charge in [0.2, 0.25) is 11.8 Å². The number of nitrogens with one attached hydrogen (secondary N) is 2. The van der Waals surface area contributed by atoms with Crippen molar-refractivity contribution in [3.05, 3.63) is 60.4 Å². The Hall–Kier alpha value is -4.08. The number of tetrazole rings is 1. The fraction of sp³-hybridized carbons (Fsp3) is 0.111. The van der Waals surface area contributed by atoms with E-state index < -0.39 is 0 Å². The number of carbonyl (C=O) groups excluding carboxylic acids is 3. The maximum atomic E-state index is 12.4. The van der Waals surface area contributed by atoms with Gasteiger partial charge in [0.25, 0.3) is 5.91 Å². The zero-order chi connectivity index (χ0) is 19.5. The first-order valence-electron chi connectivity index (χ1n) is 8.47. The summed E-state index contributed by atoms with van der Waals surface area (Å²) < 4.78 is 1.50. The van der Waals surface area contributed by atoms with Gasteiger partial charge >= 0.3 is 0 Å². The molecule has 0 unspecified atom stereocenters. The number of amides is 3. The van der Waals surface area contributed by atoms with Crippen LogP contribution in [0.2, 0.25) is 0 Å². The third-order valence-corrected chi connectivity index (χ3v) is 4.18. The van der Waals surface area contributed by atoms with Crippen molar-refractivity contribution in [2.75, 3.05) is 10.3 Å². The Kier molecular flexibility index (Phi) is 4.50. The monoisotopic (exact) mass is 377 g/mol. The number of hydrogen-bond donors (Lipinski definition) is 2. The first-order chi connectivity index (χ1) is 13.6. The highest BCUT2D eigenvalue weighted by atomic mass is 16.2. The second-order valence-electron chi connectivity index (χ2n) is 6.07. The Morgan fingerprint density at radius 2 is 1.68 bits per heavy atom. The number of rotatable bonds is 4. The smallest absolute Gasteiger partial charge is 0.255 e. The highest BCUT2D eigenvalue weighted by Gasteiger charge is 2.24. The summed E-state index contributed by atoms with van der Waals surface area (Å²) in [5.41, 5.74) is 4.82. The van der Waals surface area contributed by atoms with Crippen LogP contribution in [0.25, 0.3) is 5.69 Å². The van der Waals surface area contributed by atoms with Gasteiger partial charge in [-0.25, -0.2) is 9.69 Å².